The van der Waals surface area contributed by atoms with Crippen molar-refractivity contribution >= 4 is 0 Å². The molecule has 3 rings (SSSR count). The fourth-order valence-corrected chi connectivity index (χ4v) is 4.61. The summed E-state index contributed by atoms with van der Waals surface area (Å²) in [6.07, 6.45) is 11.9. The molecule has 3 nitrogen and oxygen atoms in total. The summed E-state index contributed by atoms with van der Waals surface area (Å²) in [5, 5.41) is 0. The maximum absolute atomic E-state index is 6.06. The van der Waals surface area contributed by atoms with Crippen LogP contribution in [0.1, 0.15) is 58.3 Å². The number of ether oxygens (including phenoxy) is 1. The summed E-state index contributed by atoms with van der Waals surface area (Å²) in [7, 11) is 0. The third kappa shape index (κ3) is 2.84. The molecule has 3 atom stereocenters. The van der Waals surface area contributed by atoms with Gasteiger partial charge >= 0.3 is 0 Å². The molecule has 1 saturated carbocycles. The van der Waals surface area contributed by atoms with E-state index < -0.39 is 0 Å². The van der Waals surface area contributed by atoms with Gasteiger partial charge in [-0.25, -0.2) is 0 Å². The minimum Gasteiger partial charge on any atom is -0.374 e. The van der Waals surface area contributed by atoms with Gasteiger partial charge in [0.15, 0.2) is 0 Å². The number of rotatable bonds is 3. The highest BCUT2D eigenvalue weighted by atomic mass is 16.5. The Labute approximate surface area is 117 Å². The third-order valence-corrected chi connectivity index (χ3v) is 5.93. The van der Waals surface area contributed by atoms with Crippen LogP contribution in [0.2, 0.25) is 0 Å². The van der Waals surface area contributed by atoms with E-state index in [1.165, 1.54) is 64.5 Å². The molecular weight excluding hydrogens is 236 g/mol. The van der Waals surface area contributed by atoms with Crippen LogP contribution in [0.3, 0.4) is 0 Å². The molecule has 3 aliphatic rings. The summed E-state index contributed by atoms with van der Waals surface area (Å²) in [6.45, 7) is 5.44. The molecular formula is C16H30N2O. The first-order valence-corrected chi connectivity index (χ1v) is 8.32. The normalized spacial score (nSPS) is 36.9. The van der Waals surface area contributed by atoms with Gasteiger partial charge in [-0.3, -0.25) is 4.90 Å². The SMILES string of the molecule is CC1CCC(C(CN)N2CCC3(CCCC3)CC2)O1. The predicted molar refractivity (Wildman–Crippen MR) is 78.1 cm³/mol. The molecule has 2 N–H and O–H groups in total. The van der Waals surface area contributed by atoms with Crippen molar-refractivity contribution in [1.29, 1.82) is 0 Å². The molecule has 0 aromatic rings. The number of piperidine rings is 1. The Bertz CT molecular complexity index is 291. The average Bonchev–Trinajstić information content (AvgIpc) is 3.03. The zero-order chi connectivity index (χ0) is 13.3. The molecule has 110 valence electrons. The molecule has 1 aliphatic carbocycles. The van der Waals surface area contributed by atoms with Gasteiger partial charge in [-0.05, 0) is 64.0 Å². The Morgan fingerprint density at radius 1 is 1.16 bits per heavy atom. The first-order chi connectivity index (χ1) is 9.22. The molecule has 0 bridgehead atoms. The van der Waals surface area contributed by atoms with Crippen molar-refractivity contribution in [1.82, 2.24) is 4.90 Å². The Hall–Kier alpha value is -0.120. The lowest BCUT2D eigenvalue weighted by atomic mass is 9.76. The zero-order valence-electron chi connectivity index (χ0n) is 12.4. The Morgan fingerprint density at radius 3 is 2.37 bits per heavy atom. The second-order valence-electron chi connectivity index (χ2n) is 7.11. The van der Waals surface area contributed by atoms with Crippen LogP contribution >= 0.6 is 0 Å². The summed E-state index contributed by atoms with van der Waals surface area (Å²) < 4.78 is 6.06. The van der Waals surface area contributed by atoms with Crippen LogP contribution < -0.4 is 5.73 Å². The van der Waals surface area contributed by atoms with Crippen LogP contribution in [0.25, 0.3) is 0 Å². The van der Waals surface area contributed by atoms with Gasteiger partial charge in [0.05, 0.1) is 12.2 Å². The van der Waals surface area contributed by atoms with Crippen LogP contribution in [-0.2, 0) is 4.74 Å². The van der Waals surface area contributed by atoms with Gasteiger partial charge in [-0.1, -0.05) is 12.8 Å². The lowest BCUT2D eigenvalue weighted by Crippen LogP contribution is -2.52. The topological polar surface area (TPSA) is 38.5 Å². The summed E-state index contributed by atoms with van der Waals surface area (Å²) in [4.78, 5) is 2.63. The van der Waals surface area contributed by atoms with Crippen molar-refractivity contribution in [3.8, 4) is 0 Å². The average molecular weight is 266 g/mol. The highest BCUT2D eigenvalue weighted by molar-refractivity contribution is 4.94. The molecule has 1 spiro atoms. The van der Waals surface area contributed by atoms with E-state index in [1.807, 2.05) is 0 Å². The maximum Gasteiger partial charge on any atom is 0.0747 e. The molecule has 2 aliphatic heterocycles. The summed E-state index contributed by atoms with van der Waals surface area (Å²) in [6, 6.07) is 0.462. The Morgan fingerprint density at radius 2 is 1.84 bits per heavy atom. The number of nitrogens with two attached hydrogens (primary N) is 1. The van der Waals surface area contributed by atoms with E-state index in [1.54, 1.807) is 0 Å². The molecule has 3 unspecified atom stereocenters. The van der Waals surface area contributed by atoms with Crippen molar-refractivity contribution in [2.45, 2.75) is 76.5 Å². The molecule has 3 heteroatoms. The Kier molecular flexibility index (Phi) is 4.16. The van der Waals surface area contributed by atoms with E-state index in [-0.39, 0.29) is 0 Å². The van der Waals surface area contributed by atoms with E-state index in [9.17, 15) is 0 Å². The smallest absolute Gasteiger partial charge is 0.0747 e. The lowest BCUT2D eigenvalue weighted by Gasteiger charge is -2.44. The number of hydrogen-bond donors (Lipinski definition) is 1. The van der Waals surface area contributed by atoms with Crippen LogP contribution in [-0.4, -0.2) is 42.8 Å². The number of nitrogens with zero attached hydrogens (tertiary/aromatic N) is 1. The van der Waals surface area contributed by atoms with E-state index >= 15 is 0 Å². The van der Waals surface area contributed by atoms with Gasteiger partial charge in [0.25, 0.3) is 0 Å². The number of likely N-dealkylation sites (tertiary alicyclic amines) is 1. The molecule has 2 heterocycles. The second kappa shape index (κ2) is 5.71. The van der Waals surface area contributed by atoms with Gasteiger partial charge in [0, 0.05) is 12.6 Å². The molecule has 2 saturated heterocycles. The minimum absolute atomic E-state index is 0.387. The predicted octanol–water partition coefficient (Wildman–Crippen LogP) is 2.54. The quantitative estimate of drug-likeness (QED) is 0.853. The fraction of sp³-hybridized carbons (Fsp3) is 1.00. The highest BCUT2D eigenvalue weighted by Crippen LogP contribution is 2.46. The van der Waals surface area contributed by atoms with Crippen molar-refractivity contribution in [2.75, 3.05) is 19.6 Å². The van der Waals surface area contributed by atoms with Gasteiger partial charge in [0.2, 0.25) is 0 Å². The van der Waals surface area contributed by atoms with Gasteiger partial charge < -0.3 is 10.5 Å². The van der Waals surface area contributed by atoms with Crippen molar-refractivity contribution < 1.29 is 4.74 Å². The van der Waals surface area contributed by atoms with E-state index in [0.717, 1.165) is 6.54 Å². The van der Waals surface area contributed by atoms with E-state index in [4.69, 9.17) is 10.5 Å². The molecule has 19 heavy (non-hydrogen) atoms. The fourth-order valence-electron chi connectivity index (χ4n) is 4.61. The van der Waals surface area contributed by atoms with Gasteiger partial charge in [-0.2, -0.15) is 0 Å². The second-order valence-corrected chi connectivity index (χ2v) is 7.11. The van der Waals surface area contributed by atoms with Crippen molar-refractivity contribution in [2.24, 2.45) is 11.1 Å². The molecule has 0 radical (unpaired) electrons. The van der Waals surface area contributed by atoms with Crippen molar-refractivity contribution in [3.05, 3.63) is 0 Å². The summed E-state index contributed by atoms with van der Waals surface area (Å²) in [5.41, 5.74) is 6.76. The van der Waals surface area contributed by atoms with E-state index in [0.29, 0.717) is 23.7 Å². The maximum atomic E-state index is 6.06. The zero-order valence-corrected chi connectivity index (χ0v) is 12.4. The van der Waals surface area contributed by atoms with E-state index in [2.05, 4.69) is 11.8 Å². The summed E-state index contributed by atoms with van der Waals surface area (Å²) >= 11 is 0. The first kappa shape index (κ1) is 13.8. The highest BCUT2D eigenvalue weighted by Gasteiger charge is 2.40. The summed E-state index contributed by atoms with van der Waals surface area (Å²) in [5.74, 6) is 0. The number of hydrogen-bond acceptors (Lipinski definition) is 3. The molecule has 0 amide bonds. The standard InChI is InChI=1S/C16H30N2O/c1-13-4-5-15(19-13)14(12-17)18-10-8-16(9-11-18)6-2-3-7-16/h13-15H,2-12,17H2,1H3. The van der Waals surface area contributed by atoms with Crippen molar-refractivity contribution in [3.63, 3.8) is 0 Å². The van der Waals surface area contributed by atoms with Crippen LogP contribution in [0.15, 0.2) is 0 Å². The monoisotopic (exact) mass is 266 g/mol. The minimum atomic E-state index is 0.387. The first-order valence-electron chi connectivity index (χ1n) is 8.32. The third-order valence-electron chi connectivity index (χ3n) is 5.93. The van der Waals surface area contributed by atoms with Gasteiger partial charge in [0.1, 0.15) is 0 Å². The van der Waals surface area contributed by atoms with Gasteiger partial charge in [-0.15, -0.1) is 0 Å². The van der Waals surface area contributed by atoms with Crippen LogP contribution in [0, 0.1) is 5.41 Å². The Balaban J connectivity index is 1.56. The molecule has 0 aromatic carbocycles. The van der Waals surface area contributed by atoms with Crippen LogP contribution in [0.4, 0.5) is 0 Å². The lowest BCUT2D eigenvalue weighted by molar-refractivity contribution is -0.0232. The molecule has 3 fully saturated rings. The molecule has 0 aromatic heterocycles. The van der Waals surface area contributed by atoms with Crippen LogP contribution in [0.5, 0.6) is 0 Å². The largest absolute Gasteiger partial charge is 0.374 e.